The highest BCUT2D eigenvalue weighted by Gasteiger charge is 2.13. The topological polar surface area (TPSA) is 70.3 Å². The Kier molecular flexibility index (Phi) is 4.30. The summed E-state index contributed by atoms with van der Waals surface area (Å²) >= 11 is 0. The molecule has 19 heavy (non-hydrogen) atoms. The first-order valence-electron chi connectivity index (χ1n) is 6.07. The number of nitrogens with zero attached hydrogens (tertiary/aromatic N) is 2. The van der Waals surface area contributed by atoms with Gasteiger partial charge in [0.05, 0.1) is 19.8 Å². The second-order valence-electron chi connectivity index (χ2n) is 3.99. The van der Waals surface area contributed by atoms with Crippen LogP contribution >= 0.6 is 0 Å². The highest BCUT2D eigenvalue weighted by molar-refractivity contribution is 5.45. The standard InChI is InChI=1S/C14H17N3O2/c1-3-19-12-5-4-10(6-13(12)18-2)14(15)11-7-16-9-17-8-11/h4-9,14H,3,15H2,1-2H3. The van der Waals surface area contributed by atoms with Crippen molar-refractivity contribution in [3.63, 3.8) is 0 Å². The van der Waals surface area contributed by atoms with E-state index in [1.807, 2.05) is 25.1 Å². The Morgan fingerprint density at radius 3 is 2.53 bits per heavy atom. The molecule has 0 aliphatic heterocycles. The average molecular weight is 259 g/mol. The Labute approximate surface area is 112 Å². The zero-order valence-corrected chi connectivity index (χ0v) is 11.0. The van der Waals surface area contributed by atoms with Gasteiger partial charge in [-0.05, 0) is 24.6 Å². The monoisotopic (exact) mass is 259 g/mol. The second-order valence-corrected chi connectivity index (χ2v) is 3.99. The zero-order valence-electron chi connectivity index (χ0n) is 11.0. The van der Waals surface area contributed by atoms with Crippen molar-refractivity contribution in [2.75, 3.05) is 13.7 Å². The van der Waals surface area contributed by atoms with Crippen molar-refractivity contribution < 1.29 is 9.47 Å². The molecule has 0 saturated heterocycles. The van der Waals surface area contributed by atoms with E-state index in [4.69, 9.17) is 15.2 Å². The molecule has 2 aromatic rings. The lowest BCUT2D eigenvalue weighted by molar-refractivity contribution is 0.310. The normalized spacial score (nSPS) is 11.9. The summed E-state index contributed by atoms with van der Waals surface area (Å²) in [4.78, 5) is 7.95. The zero-order chi connectivity index (χ0) is 13.7. The van der Waals surface area contributed by atoms with E-state index in [9.17, 15) is 0 Å². The lowest BCUT2D eigenvalue weighted by atomic mass is 10.0. The minimum absolute atomic E-state index is 0.286. The van der Waals surface area contributed by atoms with Gasteiger partial charge in [-0.3, -0.25) is 0 Å². The van der Waals surface area contributed by atoms with Crippen molar-refractivity contribution in [2.24, 2.45) is 5.73 Å². The van der Waals surface area contributed by atoms with E-state index in [-0.39, 0.29) is 6.04 Å². The lowest BCUT2D eigenvalue weighted by Crippen LogP contribution is -2.12. The first kappa shape index (κ1) is 13.3. The first-order chi connectivity index (χ1) is 9.26. The Bertz CT molecular complexity index is 531. The first-order valence-corrected chi connectivity index (χ1v) is 6.07. The third-order valence-electron chi connectivity index (χ3n) is 2.79. The van der Waals surface area contributed by atoms with Crippen LogP contribution in [0.1, 0.15) is 24.1 Å². The van der Waals surface area contributed by atoms with Crippen LogP contribution in [0.4, 0.5) is 0 Å². The van der Waals surface area contributed by atoms with Crippen LogP contribution in [0.3, 0.4) is 0 Å². The summed E-state index contributed by atoms with van der Waals surface area (Å²) in [6, 6.07) is 5.38. The maximum Gasteiger partial charge on any atom is 0.161 e. The molecule has 2 rings (SSSR count). The summed E-state index contributed by atoms with van der Waals surface area (Å²) in [5.74, 6) is 1.39. The summed E-state index contributed by atoms with van der Waals surface area (Å²) in [6.07, 6.45) is 4.90. The van der Waals surface area contributed by atoms with Gasteiger partial charge in [-0.2, -0.15) is 0 Å². The van der Waals surface area contributed by atoms with E-state index < -0.39 is 0 Å². The number of hydrogen-bond acceptors (Lipinski definition) is 5. The summed E-state index contributed by atoms with van der Waals surface area (Å²) in [5.41, 5.74) is 7.97. The van der Waals surface area contributed by atoms with E-state index in [2.05, 4.69) is 9.97 Å². The fourth-order valence-corrected chi connectivity index (χ4v) is 1.82. The van der Waals surface area contributed by atoms with Crippen LogP contribution in [0.5, 0.6) is 11.5 Å². The van der Waals surface area contributed by atoms with E-state index in [1.165, 1.54) is 6.33 Å². The van der Waals surface area contributed by atoms with Gasteiger partial charge in [0.15, 0.2) is 11.5 Å². The van der Waals surface area contributed by atoms with E-state index in [1.54, 1.807) is 19.5 Å². The summed E-state index contributed by atoms with van der Waals surface area (Å²) < 4.78 is 10.8. The third-order valence-corrected chi connectivity index (χ3v) is 2.79. The molecule has 1 unspecified atom stereocenters. The summed E-state index contributed by atoms with van der Waals surface area (Å²) in [7, 11) is 1.61. The SMILES string of the molecule is CCOc1ccc(C(N)c2cncnc2)cc1OC. The predicted molar refractivity (Wildman–Crippen MR) is 72.2 cm³/mol. The Morgan fingerprint density at radius 1 is 1.16 bits per heavy atom. The fraction of sp³-hybridized carbons (Fsp3) is 0.286. The third kappa shape index (κ3) is 3.00. The van der Waals surface area contributed by atoms with Crippen LogP contribution in [-0.2, 0) is 0 Å². The fourth-order valence-electron chi connectivity index (χ4n) is 1.82. The molecule has 1 heterocycles. The number of aromatic nitrogens is 2. The molecular formula is C14H17N3O2. The van der Waals surface area contributed by atoms with Crippen LogP contribution in [0.15, 0.2) is 36.9 Å². The largest absolute Gasteiger partial charge is 0.493 e. The van der Waals surface area contributed by atoms with Crippen LogP contribution in [0.2, 0.25) is 0 Å². The van der Waals surface area contributed by atoms with Crippen molar-refractivity contribution in [2.45, 2.75) is 13.0 Å². The molecular weight excluding hydrogens is 242 g/mol. The molecule has 0 bridgehead atoms. The number of rotatable bonds is 5. The maximum absolute atomic E-state index is 6.19. The number of benzene rings is 1. The molecule has 5 heteroatoms. The Morgan fingerprint density at radius 2 is 1.89 bits per heavy atom. The van der Waals surface area contributed by atoms with Crippen molar-refractivity contribution in [1.82, 2.24) is 9.97 Å². The molecule has 5 nitrogen and oxygen atoms in total. The van der Waals surface area contributed by atoms with E-state index >= 15 is 0 Å². The smallest absolute Gasteiger partial charge is 0.161 e. The molecule has 1 atom stereocenters. The Balaban J connectivity index is 2.30. The van der Waals surface area contributed by atoms with Gasteiger partial charge >= 0.3 is 0 Å². The molecule has 0 amide bonds. The Hall–Kier alpha value is -2.14. The molecule has 0 aliphatic carbocycles. The summed E-state index contributed by atoms with van der Waals surface area (Å²) in [6.45, 7) is 2.52. The van der Waals surface area contributed by atoms with Crippen molar-refractivity contribution >= 4 is 0 Å². The minimum atomic E-state index is -0.286. The number of nitrogens with two attached hydrogens (primary N) is 1. The number of hydrogen-bond donors (Lipinski definition) is 1. The van der Waals surface area contributed by atoms with Gasteiger partial charge in [-0.1, -0.05) is 6.07 Å². The molecule has 0 saturated carbocycles. The molecule has 0 fully saturated rings. The molecule has 2 N–H and O–H groups in total. The van der Waals surface area contributed by atoms with Gasteiger partial charge in [-0.15, -0.1) is 0 Å². The summed E-state index contributed by atoms with van der Waals surface area (Å²) in [5, 5.41) is 0. The number of ether oxygens (including phenoxy) is 2. The van der Waals surface area contributed by atoms with E-state index in [0.717, 1.165) is 11.1 Å². The van der Waals surface area contributed by atoms with E-state index in [0.29, 0.717) is 18.1 Å². The minimum Gasteiger partial charge on any atom is -0.493 e. The van der Waals surface area contributed by atoms with Crippen molar-refractivity contribution in [1.29, 1.82) is 0 Å². The molecule has 1 aromatic carbocycles. The van der Waals surface area contributed by atoms with Crippen LogP contribution in [0, 0.1) is 0 Å². The highest BCUT2D eigenvalue weighted by Crippen LogP contribution is 2.31. The van der Waals surface area contributed by atoms with Gasteiger partial charge in [0, 0.05) is 18.0 Å². The van der Waals surface area contributed by atoms with Crippen molar-refractivity contribution in [3.8, 4) is 11.5 Å². The number of methoxy groups -OCH3 is 1. The lowest BCUT2D eigenvalue weighted by Gasteiger charge is -2.15. The maximum atomic E-state index is 6.19. The predicted octanol–water partition coefficient (Wildman–Crippen LogP) is 1.93. The highest BCUT2D eigenvalue weighted by atomic mass is 16.5. The van der Waals surface area contributed by atoms with Crippen molar-refractivity contribution in [3.05, 3.63) is 48.0 Å². The van der Waals surface area contributed by atoms with Gasteiger partial charge < -0.3 is 15.2 Å². The average Bonchev–Trinajstić information content (AvgIpc) is 2.48. The van der Waals surface area contributed by atoms with Gasteiger partial charge in [-0.25, -0.2) is 9.97 Å². The molecule has 0 radical (unpaired) electrons. The molecule has 0 spiro atoms. The van der Waals surface area contributed by atoms with Gasteiger partial charge in [0.25, 0.3) is 0 Å². The van der Waals surface area contributed by atoms with Crippen LogP contribution in [-0.4, -0.2) is 23.7 Å². The quantitative estimate of drug-likeness (QED) is 0.888. The van der Waals surface area contributed by atoms with Crippen LogP contribution in [0.25, 0.3) is 0 Å². The molecule has 100 valence electrons. The van der Waals surface area contributed by atoms with Crippen LogP contribution < -0.4 is 15.2 Å². The molecule has 0 aliphatic rings. The van der Waals surface area contributed by atoms with Gasteiger partial charge in [0.1, 0.15) is 6.33 Å². The van der Waals surface area contributed by atoms with Gasteiger partial charge in [0.2, 0.25) is 0 Å². The second kappa shape index (κ2) is 6.15. The molecule has 1 aromatic heterocycles.